The first kappa shape index (κ1) is 31.2. The first-order chi connectivity index (χ1) is 21.5. The molecular weight excluding hydrogens is 588 g/mol. The molecule has 4 aromatic rings. The van der Waals surface area contributed by atoms with E-state index in [4.69, 9.17) is 4.74 Å². The molecule has 1 unspecified atom stereocenters. The van der Waals surface area contributed by atoms with Crippen molar-refractivity contribution in [1.82, 2.24) is 24.2 Å². The lowest BCUT2D eigenvalue weighted by atomic mass is 9.84. The van der Waals surface area contributed by atoms with Gasteiger partial charge in [0.25, 0.3) is 0 Å². The molecule has 11 heteroatoms. The Labute approximate surface area is 265 Å². The minimum atomic E-state index is -3.72. The number of benzene rings is 3. The van der Waals surface area contributed by atoms with Crippen LogP contribution in [0, 0.1) is 13.8 Å². The first-order valence-electron chi connectivity index (χ1n) is 15.6. The molecule has 3 heterocycles. The summed E-state index contributed by atoms with van der Waals surface area (Å²) < 4.78 is 37.1. The van der Waals surface area contributed by atoms with Crippen LogP contribution < -0.4 is 4.90 Å². The van der Waals surface area contributed by atoms with Crippen molar-refractivity contribution in [3.63, 3.8) is 0 Å². The number of anilines is 1. The zero-order valence-corrected chi connectivity index (χ0v) is 27.5. The highest BCUT2D eigenvalue weighted by molar-refractivity contribution is 7.89. The van der Waals surface area contributed by atoms with Crippen LogP contribution in [0.15, 0.2) is 59.5 Å². The van der Waals surface area contributed by atoms with Gasteiger partial charge in [0.05, 0.1) is 17.6 Å². The second kappa shape index (κ2) is 12.5. The molecule has 0 radical (unpaired) electrons. The van der Waals surface area contributed by atoms with Gasteiger partial charge in [-0.15, -0.1) is 5.10 Å². The molecule has 0 amide bonds. The summed E-state index contributed by atoms with van der Waals surface area (Å²) in [5.41, 5.74) is 7.22. The van der Waals surface area contributed by atoms with E-state index in [2.05, 4.69) is 34.4 Å². The molecular formula is C34H42N6O4S. The standard InChI is InChI=1S/C34H42N6O4S/c1-23-10-11-25(20-26(23)22-40-19-18-38(4)30-8-6-7-9-32(30)45(40,42)43)29(21-33(41)44-27-14-16-37(3)17-15-27)28-12-13-31-34(24(28)2)35-36-39(31)5/h6-13,20,27,29H,14-19,21-22H2,1-5H3. The third kappa shape index (κ3) is 6.21. The van der Waals surface area contributed by atoms with Gasteiger partial charge in [-0.05, 0) is 79.8 Å². The number of hydrogen-bond donors (Lipinski definition) is 0. The van der Waals surface area contributed by atoms with Crippen LogP contribution in [0.25, 0.3) is 11.0 Å². The van der Waals surface area contributed by atoms with Crippen LogP contribution in [-0.4, -0.2) is 85.0 Å². The molecule has 1 saturated heterocycles. The molecule has 238 valence electrons. The van der Waals surface area contributed by atoms with Crippen molar-refractivity contribution in [1.29, 1.82) is 0 Å². The van der Waals surface area contributed by atoms with Gasteiger partial charge in [-0.25, -0.2) is 13.1 Å². The smallest absolute Gasteiger partial charge is 0.307 e. The Bertz CT molecular complexity index is 1830. The fraction of sp³-hybridized carbons (Fsp3) is 0.441. The van der Waals surface area contributed by atoms with Gasteiger partial charge in [0.2, 0.25) is 10.0 Å². The molecule has 2 aliphatic rings. The zero-order chi connectivity index (χ0) is 31.9. The highest BCUT2D eigenvalue weighted by atomic mass is 32.2. The third-order valence-corrected chi connectivity index (χ3v) is 11.4. The zero-order valence-electron chi connectivity index (χ0n) is 26.7. The predicted molar refractivity (Wildman–Crippen MR) is 175 cm³/mol. The largest absolute Gasteiger partial charge is 0.462 e. The van der Waals surface area contributed by atoms with E-state index in [1.165, 1.54) is 0 Å². The number of esters is 1. The second-order valence-electron chi connectivity index (χ2n) is 12.5. The number of ether oxygens (including phenoxy) is 1. The number of hydrogen-bond acceptors (Lipinski definition) is 8. The van der Waals surface area contributed by atoms with E-state index in [0.717, 1.165) is 64.8 Å². The van der Waals surface area contributed by atoms with Gasteiger partial charge in [-0.1, -0.05) is 41.6 Å². The molecule has 1 atom stereocenters. The van der Waals surface area contributed by atoms with Crippen molar-refractivity contribution in [2.75, 3.05) is 45.2 Å². The predicted octanol–water partition coefficient (Wildman–Crippen LogP) is 4.39. The van der Waals surface area contributed by atoms with E-state index < -0.39 is 10.0 Å². The van der Waals surface area contributed by atoms with Crippen molar-refractivity contribution in [2.45, 2.75) is 56.6 Å². The van der Waals surface area contributed by atoms with Gasteiger partial charge >= 0.3 is 5.97 Å². The van der Waals surface area contributed by atoms with E-state index in [1.807, 2.05) is 63.2 Å². The molecule has 0 N–H and O–H groups in total. The number of carbonyl (C=O) groups is 1. The number of piperidine rings is 1. The molecule has 0 aliphatic carbocycles. The Kier molecular flexibility index (Phi) is 8.69. The first-order valence-corrected chi connectivity index (χ1v) is 17.0. The molecule has 6 rings (SSSR count). The Hall–Kier alpha value is -3.80. The molecule has 3 aromatic carbocycles. The Morgan fingerprint density at radius 1 is 0.978 bits per heavy atom. The molecule has 45 heavy (non-hydrogen) atoms. The summed E-state index contributed by atoms with van der Waals surface area (Å²) >= 11 is 0. The van der Waals surface area contributed by atoms with Crippen LogP contribution in [-0.2, 0) is 33.1 Å². The average molecular weight is 631 g/mol. The maximum atomic E-state index is 13.9. The number of likely N-dealkylation sites (tertiary alicyclic amines) is 1. The van der Waals surface area contributed by atoms with Crippen molar-refractivity contribution in [3.05, 3.63) is 82.4 Å². The fourth-order valence-electron chi connectivity index (χ4n) is 6.60. The monoisotopic (exact) mass is 630 g/mol. The highest BCUT2D eigenvalue weighted by Crippen LogP contribution is 2.36. The number of aryl methyl sites for hydroxylation is 3. The van der Waals surface area contributed by atoms with Crippen molar-refractivity contribution >= 4 is 32.7 Å². The third-order valence-electron chi connectivity index (χ3n) is 9.49. The highest BCUT2D eigenvalue weighted by Gasteiger charge is 2.32. The lowest BCUT2D eigenvalue weighted by Gasteiger charge is -2.29. The summed E-state index contributed by atoms with van der Waals surface area (Å²) in [6.07, 6.45) is 1.74. The van der Waals surface area contributed by atoms with E-state index >= 15 is 0 Å². The van der Waals surface area contributed by atoms with Crippen LogP contribution in [0.5, 0.6) is 0 Å². The number of aromatic nitrogens is 3. The van der Waals surface area contributed by atoms with E-state index in [0.29, 0.717) is 23.7 Å². The molecule has 1 fully saturated rings. The number of rotatable bonds is 7. The quantitative estimate of drug-likeness (QED) is 0.278. The number of likely N-dealkylation sites (N-methyl/N-ethyl adjacent to an activating group) is 1. The fourth-order valence-corrected chi connectivity index (χ4v) is 8.25. The molecule has 0 bridgehead atoms. The van der Waals surface area contributed by atoms with Crippen LogP contribution >= 0.6 is 0 Å². The summed E-state index contributed by atoms with van der Waals surface area (Å²) in [7, 11) is 2.15. The number of fused-ring (bicyclic) bond motifs is 2. The summed E-state index contributed by atoms with van der Waals surface area (Å²) in [5, 5.41) is 8.62. The van der Waals surface area contributed by atoms with Crippen LogP contribution in [0.4, 0.5) is 5.69 Å². The van der Waals surface area contributed by atoms with Gasteiger partial charge in [-0.2, -0.15) is 4.31 Å². The number of para-hydroxylation sites is 1. The maximum absolute atomic E-state index is 13.9. The Morgan fingerprint density at radius 2 is 1.73 bits per heavy atom. The second-order valence-corrected chi connectivity index (χ2v) is 14.4. The number of sulfonamides is 1. The van der Waals surface area contributed by atoms with Crippen LogP contribution in [0.1, 0.15) is 53.0 Å². The van der Waals surface area contributed by atoms with Gasteiger partial charge < -0.3 is 14.5 Å². The molecule has 1 aromatic heterocycles. The van der Waals surface area contributed by atoms with Crippen molar-refractivity contribution < 1.29 is 17.9 Å². The minimum absolute atomic E-state index is 0.0826. The van der Waals surface area contributed by atoms with Gasteiger partial charge in [0.15, 0.2) is 0 Å². The lowest BCUT2D eigenvalue weighted by molar-refractivity contribution is -0.151. The van der Waals surface area contributed by atoms with Crippen LogP contribution in [0.3, 0.4) is 0 Å². The summed E-state index contributed by atoms with van der Waals surface area (Å²) in [5.74, 6) is -0.535. The summed E-state index contributed by atoms with van der Waals surface area (Å²) in [6.45, 7) is 7.02. The number of carbonyl (C=O) groups excluding carboxylic acids is 1. The Balaban J connectivity index is 1.35. The van der Waals surface area contributed by atoms with Crippen molar-refractivity contribution in [2.24, 2.45) is 7.05 Å². The molecule has 10 nitrogen and oxygen atoms in total. The maximum Gasteiger partial charge on any atom is 0.307 e. The van der Waals surface area contributed by atoms with Gasteiger partial charge in [-0.3, -0.25) is 4.79 Å². The number of nitrogens with zero attached hydrogens (tertiary/aromatic N) is 6. The SMILES string of the molecule is Cc1ccc(C(CC(=O)OC2CCN(C)CC2)c2ccc3c(nnn3C)c2C)cc1CN1CCN(C)c2ccccc2S1(=O)=O. The van der Waals surface area contributed by atoms with E-state index in [1.54, 1.807) is 21.1 Å². The lowest BCUT2D eigenvalue weighted by Crippen LogP contribution is -2.35. The average Bonchev–Trinajstić information content (AvgIpc) is 3.37. The molecule has 2 aliphatic heterocycles. The van der Waals surface area contributed by atoms with Crippen LogP contribution in [0.2, 0.25) is 0 Å². The van der Waals surface area contributed by atoms with Gasteiger partial charge in [0.1, 0.15) is 16.5 Å². The normalized spacial score (nSPS) is 18.5. The Morgan fingerprint density at radius 3 is 2.51 bits per heavy atom. The topological polar surface area (TPSA) is 101 Å². The van der Waals surface area contributed by atoms with Crippen molar-refractivity contribution in [3.8, 4) is 0 Å². The van der Waals surface area contributed by atoms with Gasteiger partial charge in [0, 0.05) is 52.7 Å². The van der Waals surface area contributed by atoms with E-state index in [-0.39, 0.29) is 31.0 Å². The minimum Gasteiger partial charge on any atom is -0.462 e. The van der Waals surface area contributed by atoms with E-state index in [9.17, 15) is 13.2 Å². The summed E-state index contributed by atoms with van der Waals surface area (Å²) in [6, 6.07) is 17.4. The molecule has 0 spiro atoms. The summed E-state index contributed by atoms with van der Waals surface area (Å²) in [4.78, 5) is 18.1. The molecule has 0 saturated carbocycles.